The van der Waals surface area contributed by atoms with Crippen molar-refractivity contribution in [1.29, 1.82) is 0 Å². The van der Waals surface area contributed by atoms with Crippen LogP contribution in [0.5, 0.6) is 0 Å². The fourth-order valence-corrected chi connectivity index (χ4v) is 2.73. The van der Waals surface area contributed by atoms with Gasteiger partial charge in [0.25, 0.3) is 0 Å². The van der Waals surface area contributed by atoms with E-state index in [1.165, 1.54) is 19.3 Å². The summed E-state index contributed by atoms with van der Waals surface area (Å²) in [5.74, 6) is 0. The average molecular weight is 574 g/mol. The molecular weight excluding hydrogens is 541 g/mol. The van der Waals surface area contributed by atoms with Gasteiger partial charge in [0.1, 0.15) is 0 Å². The molecule has 2 atom stereocenters. The molecule has 0 saturated carbocycles. The number of rotatable bonds is 8. The number of hydrogen-bond donors (Lipinski definition) is 0. The minimum absolute atomic E-state index is 0. The molecule has 1 saturated heterocycles. The summed E-state index contributed by atoms with van der Waals surface area (Å²) in [4.78, 5) is 0. The van der Waals surface area contributed by atoms with E-state index in [2.05, 4.69) is 86.7 Å². The quantitative estimate of drug-likeness (QED) is 0.164. The molecule has 2 aliphatic heterocycles. The van der Waals surface area contributed by atoms with Gasteiger partial charge in [-0.1, -0.05) is 58.1 Å². The number of piperidine rings is 1. The van der Waals surface area contributed by atoms with Gasteiger partial charge in [0.2, 0.25) is 0 Å². The summed E-state index contributed by atoms with van der Waals surface area (Å²) in [5.41, 5.74) is 0. The molecule has 2 heterocycles. The Balaban J connectivity index is 0. The maximum Gasteiger partial charge on any atom is 0.0858 e. The third-order valence-electron chi connectivity index (χ3n) is 3.90. The summed E-state index contributed by atoms with van der Waals surface area (Å²) in [5, 5.41) is 8.97. The molecule has 0 N–H and O–H groups in total. The molecule has 0 aromatic carbocycles. The monoisotopic (exact) mass is 575 g/mol. The second-order valence-electron chi connectivity index (χ2n) is 6.30. The van der Waals surface area contributed by atoms with E-state index in [4.69, 9.17) is 9.47 Å². The summed E-state index contributed by atoms with van der Waals surface area (Å²) >= 11 is 18.2. The first kappa shape index (κ1) is 32.1. The Labute approximate surface area is 220 Å². The van der Waals surface area contributed by atoms with E-state index in [-0.39, 0.29) is 31.7 Å². The largest absolute Gasteiger partial charge is 0.788 e. The Morgan fingerprint density at radius 1 is 1.14 bits per heavy atom. The smallest absolute Gasteiger partial charge is 0.0858 e. The van der Waals surface area contributed by atoms with Crippen LogP contribution in [0, 0.1) is 0 Å². The third kappa shape index (κ3) is 21.9. The van der Waals surface area contributed by atoms with E-state index < -0.39 is 4.77 Å². The molecule has 166 valence electrons. The Hall–Kier alpha value is 0.932. The Morgan fingerprint density at radius 3 is 2.31 bits per heavy atom. The van der Waals surface area contributed by atoms with E-state index >= 15 is 0 Å². The number of unbranched alkanes of at least 4 members (excludes halogenated alkanes) is 2. The predicted molar refractivity (Wildman–Crippen MR) is 131 cm³/mol. The molecule has 0 aromatic rings. The van der Waals surface area contributed by atoms with Crippen molar-refractivity contribution in [2.45, 2.75) is 75.6 Å². The first-order chi connectivity index (χ1) is 13.5. The first-order valence-corrected chi connectivity index (χ1v) is 11.7. The van der Waals surface area contributed by atoms with E-state index in [9.17, 15) is 0 Å². The van der Waals surface area contributed by atoms with Gasteiger partial charge in [-0.25, -0.2) is 0 Å². The minimum Gasteiger partial charge on any atom is -0.788 e. The molecule has 0 amide bonds. The molecule has 0 bridgehead atoms. The van der Waals surface area contributed by atoms with Crippen molar-refractivity contribution in [2.75, 3.05) is 19.8 Å². The van der Waals surface area contributed by atoms with Crippen LogP contribution in [0.1, 0.15) is 58.8 Å². The number of nitrogens with zero attached hydrogens (tertiary/aromatic N) is 2. The van der Waals surface area contributed by atoms with E-state index in [0.29, 0.717) is 25.3 Å². The maximum absolute atomic E-state index is 4.91. The van der Waals surface area contributed by atoms with Gasteiger partial charge in [-0.15, -0.1) is 24.7 Å². The SMILES string of the molecule is C1=C[N-]C(C2CCCC[N-]2)C=C1.CCCCOC(=S)[S-].CCCCOC([S-])[S-].[Cd]. The molecule has 0 radical (unpaired) electrons. The zero-order chi connectivity index (χ0) is 21.0. The van der Waals surface area contributed by atoms with Gasteiger partial charge in [-0.05, 0) is 12.8 Å². The molecule has 0 aromatic heterocycles. The van der Waals surface area contributed by atoms with Gasteiger partial charge in [0.15, 0.2) is 0 Å². The Bertz CT molecular complexity index is 435. The standard InChI is InChI=1S/C10H14N2.C5H12OS2.C5H10OS2.Cd/c1-3-7-11-9(5-1)10-6-2-4-8-12-10;2*1-2-3-4-6-5(7)8;/h1,3,5,7,9-10H,2,4,6,8H2;5,7-8H,2-4H2,1H3;2-4H2,1H3,(H,7,8);/q-2;;;/p-3. The summed E-state index contributed by atoms with van der Waals surface area (Å²) < 4.78 is 9.55. The fraction of sp³-hybridized carbons (Fsp3) is 0.750. The van der Waals surface area contributed by atoms with Crippen molar-refractivity contribution in [1.82, 2.24) is 0 Å². The van der Waals surface area contributed by atoms with Gasteiger partial charge in [-0.2, -0.15) is 11.0 Å². The van der Waals surface area contributed by atoms with Crippen LogP contribution in [0.3, 0.4) is 0 Å². The molecule has 1 fully saturated rings. The molecule has 2 aliphatic rings. The zero-order valence-corrected chi connectivity index (χ0v) is 25.0. The number of hydrogen-bond acceptors (Lipinski definition) is 6. The van der Waals surface area contributed by atoms with Crippen LogP contribution >= 0.6 is 12.2 Å². The molecule has 2 unspecified atom stereocenters. The van der Waals surface area contributed by atoms with Crippen molar-refractivity contribution >= 4 is 54.5 Å². The molecule has 0 spiro atoms. The summed E-state index contributed by atoms with van der Waals surface area (Å²) in [6.45, 7) is 6.63. The van der Waals surface area contributed by atoms with E-state index in [1.807, 2.05) is 12.3 Å². The zero-order valence-electron chi connectivity index (χ0n) is 17.7. The molecular formula is C20H33CdN2O2S4-5. The van der Waals surface area contributed by atoms with Crippen LogP contribution in [-0.2, 0) is 74.7 Å². The fourth-order valence-electron chi connectivity index (χ4n) is 2.37. The second kappa shape index (κ2) is 23.6. The van der Waals surface area contributed by atoms with Crippen molar-refractivity contribution in [3.05, 3.63) is 35.1 Å². The van der Waals surface area contributed by atoms with Gasteiger partial charge >= 0.3 is 0 Å². The topological polar surface area (TPSA) is 46.7 Å². The van der Waals surface area contributed by atoms with Crippen molar-refractivity contribution in [3.8, 4) is 0 Å². The molecule has 4 nitrogen and oxygen atoms in total. The van der Waals surface area contributed by atoms with Gasteiger partial charge in [0.05, 0.1) is 6.61 Å². The maximum atomic E-state index is 4.91. The van der Waals surface area contributed by atoms with Crippen molar-refractivity contribution < 1.29 is 36.8 Å². The van der Waals surface area contributed by atoms with E-state index in [0.717, 1.165) is 32.2 Å². The normalized spacial score (nSPS) is 19.6. The number of ether oxygens (including phenoxy) is 2. The van der Waals surface area contributed by atoms with Gasteiger partial charge in [-0.3, -0.25) is 0 Å². The van der Waals surface area contributed by atoms with Crippen LogP contribution in [0.4, 0.5) is 0 Å². The summed E-state index contributed by atoms with van der Waals surface area (Å²) in [7, 11) is 0. The first-order valence-electron chi connectivity index (χ1n) is 9.98. The van der Waals surface area contributed by atoms with Crippen LogP contribution in [-0.4, -0.2) is 41.0 Å². The summed E-state index contributed by atoms with van der Waals surface area (Å²) in [6, 6.07) is 0.787. The molecule has 9 heteroatoms. The van der Waals surface area contributed by atoms with Crippen molar-refractivity contribution in [3.63, 3.8) is 0 Å². The average Bonchev–Trinajstić information content (AvgIpc) is 2.70. The Morgan fingerprint density at radius 2 is 1.83 bits per heavy atom. The Kier molecular flexibility index (Phi) is 26.1. The van der Waals surface area contributed by atoms with Crippen LogP contribution in [0.25, 0.3) is 10.6 Å². The molecule has 29 heavy (non-hydrogen) atoms. The van der Waals surface area contributed by atoms with Gasteiger partial charge < -0.3 is 70.2 Å². The number of allylic oxidation sites excluding steroid dienone is 2. The molecule has 0 aliphatic carbocycles. The number of thiocarbonyl (C=S) groups is 1. The predicted octanol–water partition coefficient (Wildman–Crippen LogP) is 5.55. The third-order valence-corrected chi connectivity index (χ3v) is 4.41. The van der Waals surface area contributed by atoms with Crippen molar-refractivity contribution in [2.24, 2.45) is 0 Å². The summed E-state index contributed by atoms with van der Waals surface area (Å²) in [6.07, 6.45) is 16.2. The van der Waals surface area contributed by atoms with Crippen LogP contribution < -0.4 is 0 Å². The second-order valence-corrected chi connectivity index (χ2v) is 8.46. The molecule has 2 rings (SSSR count). The van der Waals surface area contributed by atoms with Crippen LogP contribution in [0.2, 0.25) is 0 Å². The van der Waals surface area contributed by atoms with Crippen LogP contribution in [0.15, 0.2) is 24.4 Å². The van der Waals surface area contributed by atoms with E-state index in [1.54, 1.807) is 0 Å². The van der Waals surface area contributed by atoms with Gasteiger partial charge in [0, 0.05) is 38.3 Å². The minimum atomic E-state index is -0.429.